The molecular weight excluding hydrogens is 284 g/mol. The van der Waals surface area contributed by atoms with Crippen molar-refractivity contribution in [3.05, 3.63) is 28.8 Å². The van der Waals surface area contributed by atoms with Crippen molar-refractivity contribution < 1.29 is 19.4 Å². The van der Waals surface area contributed by atoms with Crippen LogP contribution in [-0.4, -0.2) is 47.6 Å². The van der Waals surface area contributed by atoms with Crippen molar-refractivity contribution in [3.8, 4) is 5.75 Å². The van der Waals surface area contributed by atoms with E-state index in [9.17, 15) is 14.7 Å². The molecule has 1 aromatic carbocycles. The van der Waals surface area contributed by atoms with Gasteiger partial charge < -0.3 is 20.5 Å². The number of aliphatic hydroxyl groups is 1. The standard InChI is InChI=1S/C16H22N2O4/c1-10-7-12(8-11(2)13(10)22-3)14(19)18-6-4-5-16(21,9-18)15(17)20/h7-8,21H,4-6,9H2,1-3H3,(H2,17,20). The lowest BCUT2D eigenvalue weighted by Gasteiger charge is -2.37. The van der Waals surface area contributed by atoms with Crippen LogP contribution in [0.5, 0.6) is 5.75 Å². The monoisotopic (exact) mass is 306 g/mol. The number of amides is 2. The summed E-state index contributed by atoms with van der Waals surface area (Å²) in [4.78, 5) is 25.5. The van der Waals surface area contributed by atoms with Gasteiger partial charge in [-0.25, -0.2) is 0 Å². The normalized spacial score (nSPS) is 21.5. The summed E-state index contributed by atoms with van der Waals surface area (Å²) >= 11 is 0. The van der Waals surface area contributed by atoms with E-state index in [2.05, 4.69) is 0 Å². The Hall–Kier alpha value is -2.08. The molecule has 1 fully saturated rings. The summed E-state index contributed by atoms with van der Waals surface area (Å²) in [6, 6.07) is 3.51. The van der Waals surface area contributed by atoms with Crippen LogP contribution in [0.1, 0.15) is 34.3 Å². The zero-order valence-electron chi connectivity index (χ0n) is 13.2. The zero-order chi connectivity index (χ0) is 16.5. The van der Waals surface area contributed by atoms with Gasteiger partial charge in [-0.3, -0.25) is 9.59 Å². The third-order valence-electron chi connectivity index (χ3n) is 4.13. The molecule has 1 atom stereocenters. The van der Waals surface area contributed by atoms with E-state index in [1.165, 1.54) is 4.90 Å². The van der Waals surface area contributed by atoms with Gasteiger partial charge in [0.05, 0.1) is 13.7 Å². The van der Waals surface area contributed by atoms with Crippen molar-refractivity contribution in [1.82, 2.24) is 4.90 Å². The molecule has 22 heavy (non-hydrogen) atoms. The van der Waals surface area contributed by atoms with Crippen LogP contribution >= 0.6 is 0 Å². The molecule has 2 rings (SSSR count). The number of β-amino-alcohol motifs (C(OH)–C–C–N with tert-alkyl or cyclic N) is 1. The van der Waals surface area contributed by atoms with E-state index >= 15 is 0 Å². The van der Waals surface area contributed by atoms with Crippen molar-refractivity contribution in [2.75, 3.05) is 20.2 Å². The zero-order valence-corrected chi connectivity index (χ0v) is 13.2. The van der Waals surface area contributed by atoms with Crippen LogP contribution < -0.4 is 10.5 Å². The number of benzene rings is 1. The molecule has 2 amide bonds. The average molecular weight is 306 g/mol. The second-order valence-corrected chi connectivity index (χ2v) is 5.87. The Morgan fingerprint density at radius 3 is 2.41 bits per heavy atom. The Labute approximate surface area is 129 Å². The number of carbonyl (C=O) groups excluding carboxylic acids is 2. The molecule has 1 unspecified atom stereocenters. The third kappa shape index (κ3) is 2.92. The average Bonchev–Trinajstić information content (AvgIpc) is 2.46. The van der Waals surface area contributed by atoms with Crippen LogP contribution in [0, 0.1) is 13.8 Å². The number of aryl methyl sites for hydroxylation is 2. The van der Waals surface area contributed by atoms with E-state index in [-0.39, 0.29) is 18.9 Å². The van der Waals surface area contributed by atoms with Crippen LogP contribution in [0.2, 0.25) is 0 Å². The second kappa shape index (κ2) is 5.96. The highest BCUT2D eigenvalue weighted by molar-refractivity contribution is 5.96. The highest BCUT2D eigenvalue weighted by atomic mass is 16.5. The maximum absolute atomic E-state index is 12.6. The molecule has 120 valence electrons. The van der Waals surface area contributed by atoms with E-state index in [4.69, 9.17) is 10.5 Å². The molecule has 1 aliphatic heterocycles. The minimum atomic E-state index is -1.63. The van der Waals surface area contributed by atoms with E-state index < -0.39 is 11.5 Å². The highest BCUT2D eigenvalue weighted by Gasteiger charge is 2.40. The minimum Gasteiger partial charge on any atom is -0.496 e. The number of hydrogen-bond acceptors (Lipinski definition) is 4. The molecule has 3 N–H and O–H groups in total. The fourth-order valence-corrected chi connectivity index (χ4v) is 2.99. The Balaban J connectivity index is 2.27. The Bertz CT molecular complexity index is 591. The topological polar surface area (TPSA) is 92.9 Å². The summed E-state index contributed by atoms with van der Waals surface area (Å²) in [6.45, 7) is 4.18. The van der Waals surface area contributed by atoms with Crippen LogP contribution in [0.3, 0.4) is 0 Å². The number of likely N-dealkylation sites (tertiary alicyclic amines) is 1. The van der Waals surface area contributed by atoms with Gasteiger partial charge in [-0.05, 0) is 49.9 Å². The molecular formula is C16H22N2O4. The molecule has 6 nitrogen and oxygen atoms in total. The number of rotatable bonds is 3. The first-order chi connectivity index (χ1) is 10.3. The number of ether oxygens (including phenoxy) is 1. The second-order valence-electron chi connectivity index (χ2n) is 5.87. The van der Waals surface area contributed by atoms with Gasteiger partial charge in [0.25, 0.3) is 11.8 Å². The molecule has 0 spiro atoms. The predicted molar refractivity (Wildman–Crippen MR) is 81.7 cm³/mol. The Kier molecular flexibility index (Phi) is 4.42. The van der Waals surface area contributed by atoms with E-state index in [0.717, 1.165) is 16.9 Å². The SMILES string of the molecule is COc1c(C)cc(C(=O)N2CCCC(O)(C(N)=O)C2)cc1C. The van der Waals surface area contributed by atoms with Gasteiger partial charge in [-0.1, -0.05) is 0 Å². The van der Waals surface area contributed by atoms with E-state index in [1.807, 2.05) is 13.8 Å². The van der Waals surface area contributed by atoms with Gasteiger partial charge in [0.15, 0.2) is 5.60 Å². The van der Waals surface area contributed by atoms with Crippen LogP contribution in [-0.2, 0) is 4.79 Å². The van der Waals surface area contributed by atoms with E-state index in [1.54, 1.807) is 19.2 Å². The molecule has 1 saturated heterocycles. The molecule has 1 heterocycles. The van der Waals surface area contributed by atoms with Crippen molar-refractivity contribution in [2.45, 2.75) is 32.3 Å². The number of methoxy groups -OCH3 is 1. The van der Waals surface area contributed by atoms with Crippen LogP contribution in [0.25, 0.3) is 0 Å². The number of nitrogens with zero attached hydrogens (tertiary/aromatic N) is 1. The number of carbonyl (C=O) groups is 2. The van der Waals surface area contributed by atoms with Crippen molar-refractivity contribution >= 4 is 11.8 Å². The van der Waals surface area contributed by atoms with Gasteiger partial charge in [0, 0.05) is 12.1 Å². The molecule has 0 bridgehead atoms. The minimum absolute atomic E-state index is 0.0642. The van der Waals surface area contributed by atoms with Gasteiger partial charge in [0.1, 0.15) is 5.75 Å². The first-order valence-corrected chi connectivity index (χ1v) is 7.25. The summed E-state index contributed by atoms with van der Waals surface area (Å²) in [5.41, 5.74) is 5.87. The number of nitrogens with two attached hydrogens (primary N) is 1. The predicted octanol–water partition coefficient (Wildman–Crippen LogP) is 0.764. The Morgan fingerprint density at radius 1 is 1.32 bits per heavy atom. The molecule has 0 saturated carbocycles. The van der Waals surface area contributed by atoms with E-state index in [0.29, 0.717) is 18.5 Å². The fourth-order valence-electron chi connectivity index (χ4n) is 2.99. The lowest BCUT2D eigenvalue weighted by Crippen LogP contribution is -2.57. The van der Waals surface area contributed by atoms with Crippen LogP contribution in [0.15, 0.2) is 12.1 Å². The Morgan fingerprint density at radius 2 is 1.91 bits per heavy atom. The quantitative estimate of drug-likeness (QED) is 0.862. The molecule has 6 heteroatoms. The van der Waals surface area contributed by atoms with Gasteiger partial charge in [-0.15, -0.1) is 0 Å². The smallest absolute Gasteiger partial charge is 0.253 e. The first-order valence-electron chi connectivity index (χ1n) is 7.25. The van der Waals surface area contributed by atoms with Crippen molar-refractivity contribution in [3.63, 3.8) is 0 Å². The van der Waals surface area contributed by atoms with Crippen LogP contribution in [0.4, 0.5) is 0 Å². The maximum atomic E-state index is 12.6. The summed E-state index contributed by atoms with van der Waals surface area (Å²) in [5.74, 6) is -0.246. The largest absolute Gasteiger partial charge is 0.496 e. The van der Waals surface area contributed by atoms with Gasteiger partial charge in [-0.2, -0.15) is 0 Å². The maximum Gasteiger partial charge on any atom is 0.253 e. The summed E-state index contributed by atoms with van der Waals surface area (Å²) in [7, 11) is 1.59. The summed E-state index contributed by atoms with van der Waals surface area (Å²) in [6.07, 6.45) is 0.825. The highest BCUT2D eigenvalue weighted by Crippen LogP contribution is 2.27. The fraction of sp³-hybridized carbons (Fsp3) is 0.500. The third-order valence-corrected chi connectivity index (χ3v) is 4.13. The first kappa shape index (κ1) is 16.3. The molecule has 1 aliphatic rings. The molecule has 1 aromatic rings. The summed E-state index contributed by atoms with van der Waals surface area (Å²) in [5, 5.41) is 10.2. The lowest BCUT2D eigenvalue weighted by molar-refractivity contribution is -0.140. The van der Waals surface area contributed by atoms with Crippen molar-refractivity contribution in [1.29, 1.82) is 0 Å². The number of piperidine rings is 1. The number of primary amides is 1. The number of hydrogen-bond donors (Lipinski definition) is 2. The van der Waals surface area contributed by atoms with Crippen molar-refractivity contribution in [2.24, 2.45) is 5.73 Å². The molecule has 0 radical (unpaired) electrons. The van der Waals surface area contributed by atoms with Gasteiger partial charge in [0.2, 0.25) is 0 Å². The van der Waals surface area contributed by atoms with Gasteiger partial charge >= 0.3 is 0 Å². The lowest BCUT2D eigenvalue weighted by atomic mass is 9.91. The molecule has 0 aromatic heterocycles. The summed E-state index contributed by atoms with van der Waals surface area (Å²) < 4.78 is 5.29. The molecule has 0 aliphatic carbocycles.